The van der Waals surface area contributed by atoms with Crippen LogP contribution in [0.25, 0.3) is 10.2 Å². The highest BCUT2D eigenvalue weighted by Gasteiger charge is 2.15. The van der Waals surface area contributed by atoms with Crippen molar-refractivity contribution in [1.29, 1.82) is 0 Å². The number of pyridine rings is 2. The van der Waals surface area contributed by atoms with Gasteiger partial charge < -0.3 is 10.8 Å². The number of aromatic nitrogens is 2. The molecule has 0 aromatic carbocycles. The SMILES string of the molecule is Cc1cnc(N)c(C(O)c2cnc3ccsc3c2)c1. The van der Waals surface area contributed by atoms with Gasteiger partial charge in [0.1, 0.15) is 11.9 Å². The van der Waals surface area contributed by atoms with Crippen LogP contribution in [-0.4, -0.2) is 15.1 Å². The Morgan fingerprint density at radius 2 is 2.11 bits per heavy atom. The third kappa shape index (κ3) is 2.18. The maximum atomic E-state index is 10.4. The number of rotatable bonds is 2. The van der Waals surface area contributed by atoms with Gasteiger partial charge in [0.2, 0.25) is 0 Å². The van der Waals surface area contributed by atoms with Gasteiger partial charge in [0.15, 0.2) is 0 Å². The fourth-order valence-corrected chi connectivity index (χ4v) is 2.80. The highest BCUT2D eigenvalue weighted by molar-refractivity contribution is 7.17. The van der Waals surface area contributed by atoms with Gasteiger partial charge in [0.05, 0.1) is 10.2 Å². The van der Waals surface area contributed by atoms with Crippen molar-refractivity contribution in [2.45, 2.75) is 13.0 Å². The Morgan fingerprint density at radius 1 is 1.26 bits per heavy atom. The van der Waals surface area contributed by atoms with Crippen LogP contribution >= 0.6 is 11.3 Å². The Kier molecular flexibility index (Phi) is 2.93. The van der Waals surface area contributed by atoms with Gasteiger partial charge in [-0.2, -0.15) is 0 Å². The van der Waals surface area contributed by atoms with E-state index in [-0.39, 0.29) is 0 Å². The molecular formula is C14H13N3OS. The van der Waals surface area contributed by atoms with Gasteiger partial charge >= 0.3 is 0 Å². The molecule has 0 bridgehead atoms. The van der Waals surface area contributed by atoms with Crippen LogP contribution in [0.2, 0.25) is 0 Å². The zero-order valence-corrected chi connectivity index (χ0v) is 11.2. The number of hydrogen-bond donors (Lipinski definition) is 2. The summed E-state index contributed by atoms with van der Waals surface area (Å²) in [6.45, 7) is 1.92. The topological polar surface area (TPSA) is 72.0 Å². The van der Waals surface area contributed by atoms with Gasteiger partial charge in [0.25, 0.3) is 0 Å². The number of fused-ring (bicyclic) bond motifs is 1. The minimum Gasteiger partial charge on any atom is -0.383 e. The molecule has 3 rings (SSSR count). The number of hydrogen-bond acceptors (Lipinski definition) is 5. The average Bonchev–Trinajstić information content (AvgIpc) is 2.88. The van der Waals surface area contributed by atoms with Gasteiger partial charge in [0, 0.05) is 23.5 Å². The van der Waals surface area contributed by atoms with Crippen molar-refractivity contribution in [3.63, 3.8) is 0 Å². The lowest BCUT2D eigenvalue weighted by Crippen LogP contribution is -2.06. The van der Waals surface area contributed by atoms with Crippen LogP contribution in [0, 0.1) is 6.92 Å². The largest absolute Gasteiger partial charge is 0.383 e. The summed E-state index contributed by atoms with van der Waals surface area (Å²) in [6.07, 6.45) is 2.57. The lowest BCUT2D eigenvalue weighted by atomic mass is 10.0. The lowest BCUT2D eigenvalue weighted by Gasteiger charge is -2.13. The van der Waals surface area contributed by atoms with Gasteiger partial charge in [-0.05, 0) is 36.1 Å². The fourth-order valence-electron chi connectivity index (χ4n) is 2.01. The smallest absolute Gasteiger partial charge is 0.129 e. The Labute approximate surface area is 114 Å². The zero-order valence-electron chi connectivity index (χ0n) is 10.4. The van der Waals surface area contributed by atoms with E-state index < -0.39 is 6.10 Å². The number of thiophene rings is 1. The summed E-state index contributed by atoms with van der Waals surface area (Å²) in [6, 6.07) is 5.75. The van der Waals surface area contributed by atoms with Crippen molar-refractivity contribution >= 4 is 27.4 Å². The second-order valence-corrected chi connectivity index (χ2v) is 5.41. The molecule has 0 saturated heterocycles. The number of nitrogens with zero attached hydrogens (tertiary/aromatic N) is 2. The molecule has 0 amide bonds. The van der Waals surface area contributed by atoms with Crippen molar-refractivity contribution in [2.24, 2.45) is 0 Å². The van der Waals surface area contributed by atoms with E-state index in [0.29, 0.717) is 11.4 Å². The molecule has 0 aliphatic carbocycles. The van der Waals surface area contributed by atoms with E-state index in [1.807, 2.05) is 30.5 Å². The van der Waals surface area contributed by atoms with Gasteiger partial charge in [-0.25, -0.2) is 4.98 Å². The Bertz CT molecular complexity index is 738. The summed E-state index contributed by atoms with van der Waals surface area (Å²) in [7, 11) is 0. The Hall–Kier alpha value is -1.98. The average molecular weight is 271 g/mol. The molecular weight excluding hydrogens is 258 g/mol. The van der Waals surface area contributed by atoms with Crippen LogP contribution in [-0.2, 0) is 0 Å². The fraction of sp³-hybridized carbons (Fsp3) is 0.143. The molecule has 3 heterocycles. The minimum absolute atomic E-state index is 0.351. The molecule has 3 N–H and O–H groups in total. The number of nitrogen functional groups attached to an aromatic ring is 1. The number of aliphatic hydroxyl groups excluding tert-OH is 1. The quantitative estimate of drug-likeness (QED) is 0.751. The van der Waals surface area contributed by atoms with Crippen LogP contribution in [0.15, 0.2) is 36.0 Å². The first-order chi connectivity index (χ1) is 9.15. The second kappa shape index (κ2) is 4.60. The van der Waals surface area contributed by atoms with Crippen LogP contribution in [0.4, 0.5) is 5.82 Å². The maximum Gasteiger partial charge on any atom is 0.129 e. The van der Waals surface area contributed by atoms with E-state index in [2.05, 4.69) is 9.97 Å². The molecule has 0 aliphatic heterocycles. The van der Waals surface area contributed by atoms with Crippen molar-refractivity contribution in [3.05, 3.63) is 52.7 Å². The Morgan fingerprint density at radius 3 is 2.95 bits per heavy atom. The minimum atomic E-state index is -0.800. The maximum absolute atomic E-state index is 10.4. The predicted octanol–water partition coefficient (Wildman–Crippen LogP) is 2.66. The number of aryl methyl sites for hydroxylation is 1. The van der Waals surface area contributed by atoms with E-state index >= 15 is 0 Å². The van der Waals surface area contributed by atoms with E-state index in [9.17, 15) is 5.11 Å². The molecule has 0 fully saturated rings. The molecule has 19 heavy (non-hydrogen) atoms. The third-order valence-electron chi connectivity index (χ3n) is 3.02. The van der Waals surface area contributed by atoms with Crippen molar-refractivity contribution in [1.82, 2.24) is 9.97 Å². The molecule has 3 aromatic heterocycles. The highest BCUT2D eigenvalue weighted by Crippen LogP contribution is 2.29. The molecule has 4 nitrogen and oxygen atoms in total. The van der Waals surface area contributed by atoms with E-state index in [1.165, 1.54) is 0 Å². The number of aliphatic hydroxyl groups is 1. The van der Waals surface area contributed by atoms with Gasteiger partial charge in [-0.3, -0.25) is 4.98 Å². The zero-order chi connectivity index (χ0) is 13.4. The summed E-state index contributed by atoms with van der Waals surface area (Å²) < 4.78 is 1.05. The normalized spacial score (nSPS) is 12.7. The predicted molar refractivity (Wildman–Crippen MR) is 77.1 cm³/mol. The second-order valence-electron chi connectivity index (χ2n) is 4.46. The summed E-state index contributed by atoms with van der Waals surface area (Å²) in [5.74, 6) is 0.351. The van der Waals surface area contributed by atoms with E-state index in [0.717, 1.165) is 21.3 Å². The molecule has 3 aromatic rings. The molecule has 0 radical (unpaired) electrons. The number of anilines is 1. The van der Waals surface area contributed by atoms with E-state index in [4.69, 9.17) is 5.73 Å². The third-order valence-corrected chi connectivity index (χ3v) is 3.87. The van der Waals surface area contributed by atoms with Crippen molar-refractivity contribution < 1.29 is 5.11 Å². The summed E-state index contributed by atoms with van der Waals surface area (Å²) >= 11 is 1.60. The summed E-state index contributed by atoms with van der Waals surface area (Å²) in [4.78, 5) is 8.41. The van der Waals surface area contributed by atoms with Crippen molar-refractivity contribution in [3.8, 4) is 0 Å². The van der Waals surface area contributed by atoms with Crippen LogP contribution in [0.1, 0.15) is 22.8 Å². The Balaban J connectivity index is 2.07. The summed E-state index contributed by atoms with van der Waals surface area (Å²) in [5, 5.41) is 12.4. The first-order valence-electron chi connectivity index (χ1n) is 5.88. The van der Waals surface area contributed by atoms with Crippen LogP contribution in [0.3, 0.4) is 0 Å². The molecule has 96 valence electrons. The van der Waals surface area contributed by atoms with E-state index in [1.54, 1.807) is 23.7 Å². The molecule has 1 unspecified atom stereocenters. The first kappa shape index (κ1) is 12.1. The monoisotopic (exact) mass is 271 g/mol. The molecule has 0 spiro atoms. The van der Waals surface area contributed by atoms with Crippen LogP contribution in [0.5, 0.6) is 0 Å². The van der Waals surface area contributed by atoms with Gasteiger partial charge in [-0.1, -0.05) is 0 Å². The molecule has 1 atom stereocenters. The van der Waals surface area contributed by atoms with Crippen molar-refractivity contribution in [2.75, 3.05) is 5.73 Å². The summed E-state index contributed by atoms with van der Waals surface area (Å²) in [5.41, 5.74) is 9.09. The lowest BCUT2D eigenvalue weighted by molar-refractivity contribution is 0.220. The highest BCUT2D eigenvalue weighted by atomic mass is 32.1. The first-order valence-corrected chi connectivity index (χ1v) is 6.76. The molecule has 0 saturated carbocycles. The number of nitrogens with two attached hydrogens (primary N) is 1. The molecule has 5 heteroatoms. The molecule has 0 aliphatic rings. The van der Waals surface area contributed by atoms with Gasteiger partial charge in [-0.15, -0.1) is 11.3 Å². The standard InChI is InChI=1S/C14H13N3OS/c1-8-4-10(14(15)17-6-8)13(18)9-5-12-11(16-7-9)2-3-19-12/h2-7,13,18H,1H3,(H2,15,17). The van der Waals surface area contributed by atoms with Crippen LogP contribution < -0.4 is 5.73 Å².